The van der Waals surface area contributed by atoms with Gasteiger partial charge < -0.3 is 19.9 Å². The van der Waals surface area contributed by atoms with Crippen LogP contribution in [0.15, 0.2) is 42.5 Å². The van der Waals surface area contributed by atoms with E-state index >= 15 is 0 Å². The maximum absolute atomic E-state index is 13.4. The van der Waals surface area contributed by atoms with Crippen LogP contribution in [0.25, 0.3) is 0 Å². The van der Waals surface area contributed by atoms with Gasteiger partial charge in [-0.05, 0) is 75.1 Å². The summed E-state index contributed by atoms with van der Waals surface area (Å²) >= 11 is 0. The van der Waals surface area contributed by atoms with Crippen molar-refractivity contribution in [3.8, 4) is 5.75 Å². The molecule has 2 aromatic carbocycles. The van der Waals surface area contributed by atoms with E-state index in [-0.39, 0.29) is 24.3 Å². The van der Waals surface area contributed by atoms with Crippen LogP contribution in [0.5, 0.6) is 5.75 Å². The van der Waals surface area contributed by atoms with Crippen molar-refractivity contribution in [2.75, 3.05) is 36.5 Å². The van der Waals surface area contributed by atoms with Gasteiger partial charge in [-0.1, -0.05) is 42.7 Å². The topological polar surface area (TPSA) is 61.9 Å². The summed E-state index contributed by atoms with van der Waals surface area (Å²) < 4.78 is 6.05. The zero-order valence-corrected chi connectivity index (χ0v) is 21.7. The van der Waals surface area contributed by atoms with E-state index in [1.807, 2.05) is 6.07 Å². The Hall–Kier alpha value is -3.02. The first kappa shape index (κ1) is 24.7. The maximum atomic E-state index is 13.4. The van der Waals surface area contributed by atoms with Crippen molar-refractivity contribution in [2.45, 2.75) is 64.3 Å². The van der Waals surface area contributed by atoms with Gasteiger partial charge in [0.05, 0.1) is 5.69 Å². The van der Waals surface area contributed by atoms with Gasteiger partial charge in [-0.3, -0.25) is 9.59 Å². The third kappa shape index (κ3) is 5.53. The number of ether oxygens (including phenoxy) is 1. The predicted molar refractivity (Wildman–Crippen MR) is 144 cm³/mol. The number of amides is 2. The number of carbonyl (C=O) groups excluding carboxylic acids is 2. The minimum absolute atomic E-state index is 0.0149. The number of rotatable bonds is 5. The summed E-state index contributed by atoms with van der Waals surface area (Å²) in [6.45, 7) is 4.35. The van der Waals surface area contributed by atoms with Gasteiger partial charge in [0.1, 0.15) is 18.4 Å². The Balaban J connectivity index is 1.21. The molecule has 0 radical (unpaired) electrons. The van der Waals surface area contributed by atoms with Crippen molar-refractivity contribution in [3.05, 3.63) is 53.6 Å². The second kappa shape index (κ2) is 10.9. The summed E-state index contributed by atoms with van der Waals surface area (Å²) in [4.78, 5) is 30.7. The third-order valence-corrected chi connectivity index (χ3v) is 8.17. The first-order valence-corrected chi connectivity index (χ1v) is 13.6. The van der Waals surface area contributed by atoms with Crippen LogP contribution in [0.2, 0.25) is 0 Å². The number of carbonyl (C=O) groups is 2. The number of piperidine rings is 1. The molecule has 3 atom stereocenters. The molecule has 2 aliphatic heterocycles. The van der Waals surface area contributed by atoms with Gasteiger partial charge in [0.25, 0.3) is 5.91 Å². The summed E-state index contributed by atoms with van der Waals surface area (Å²) in [7, 11) is 1.78. The van der Waals surface area contributed by atoms with E-state index in [9.17, 15) is 9.59 Å². The maximum Gasteiger partial charge on any atom is 0.252 e. The van der Waals surface area contributed by atoms with E-state index in [4.69, 9.17) is 4.74 Å². The normalized spacial score (nSPS) is 24.5. The fourth-order valence-corrected chi connectivity index (χ4v) is 6.00. The highest BCUT2D eigenvalue weighted by atomic mass is 16.5. The number of anilines is 2. The molecule has 192 valence electrons. The summed E-state index contributed by atoms with van der Waals surface area (Å²) in [5, 5.41) is 3.05. The molecule has 0 bridgehead atoms. The number of hydrogen-bond acceptors (Lipinski definition) is 4. The Labute approximate surface area is 215 Å². The van der Waals surface area contributed by atoms with Crippen molar-refractivity contribution in [1.82, 2.24) is 5.32 Å². The first-order valence-electron chi connectivity index (χ1n) is 13.6. The number of nitrogens with one attached hydrogen (secondary N) is 1. The van der Waals surface area contributed by atoms with Gasteiger partial charge >= 0.3 is 0 Å². The molecule has 36 heavy (non-hydrogen) atoms. The number of fused-ring (bicyclic) bond motifs is 1. The van der Waals surface area contributed by atoms with E-state index in [2.05, 4.69) is 53.5 Å². The van der Waals surface area contributed by atoms with Crippen LogP contribution >= 0.6 is 0 Å². The summed E-state index contributed by atoms with van der Waals surface area (Å²) in [6.07, 6.45) is 8.64. The fourth-order valence-electron chi connectivity index (χ4n) is 6.00. The molecular formula is C30H39N3O3. The molecule has 2 fully saturated rings. The SMILES string of the molecule is Cc1ccc(CC2CCCC(C(=O)NC3COc4ccc(N5CCCCC5)cc4N(C)C3=O)C2)cc1. The Morgan fingerprint density at radius 1 is 1.03 bits per heavy atom. The fraction of sp³-hybridized carbons (Fsp3) is 0.533. The van der Waals surface area contributed by atoms with Crippen molar-refractivity contribution < 1.29 is 14.3 Å². The highest BCUT2D eigenvalue weighted by Crippen LogP contribution is 2.36. The van der Waals surface area contributed by atoms with E-state index in [0.717, 1.165) is 56.6 Å². The molecule has 2 heterocycles. The molecule has 1 saturated heterocycles. The average Bonchev–Trinajstić information content (AvgIpc) is 3.02. The second-order valence-electron chi connectivity index (χ2n) is 10.9. The van der Waals surface area contributed by atoms with Crippen LogP contribution in [-0.4, -0.2) is 44.6 Å². The van der Waals surface area contributed by atoms with Gasteiger partial charge in [0.2, 0.25) is 5.91 Å². The van der Waals surface area contributed by atoms with Gasteiger partial charge in [-0.25, -0.2) is 0 Å². The van der Waals surface area contributed by atoms with Gasteiger partial charge in [0, 0.05) is 31.7 Å². The van der Waals surface area contributed by atoms with E-state index < -0.39 is 6.04 Å². The highest BCUT2D eigenvalue weighted by molar-refractivity contribution is 6.01. The molecule has 1 aliphatic carbocycles. The van der Waals surface area contributed by atoms with E-state index in [1.165, 1.54) is 30.4 Å². The van der Waals surface area contributed by atoms with E-state index in [1.54, 1.807) is 11.9 Å². The molecular weight excluding hydrogens is 450 g/mol. The number of nitrogens with zero attached hydrogens (tertiary/aromatic N) is 2. The molecule has 5 rings (SSSR count). The lowest BCUT2D eigenvalue weighted by molar-refractivity contribution is -0.131. The Bertz CT molecular complexity index is 1080. The van der Waals surface area contributed by atoms with Crippen molar-refractivity contribution in [1.29, 1.82) is 0 Å². The average molecular weight is 490 g/mol. The summed E-state index contributed by atoms with van der Waals surface area (Å²) in [5.41, 5.74) is 4.50. The molecule has 0 aromatic heterocycles. The molecule has 2 aromatic rings. The van der Waals surface area contributed by atoms with Crippen LogP contribution in [0, 0.1) is 18.8 Å². The quantitative estimate of drug-likeness (QED) is 0.651. The van der Waals surface area contributed by atoms with Crippen LogP contribution in [-0.2, 0) is 16.0 Å². The van der Waals surface area contributed by atoms with Gasteiger partial charge in [-0.15, -0.1) is 0 Å². The minimum atomic E-state index is -0.675. The number of likely N-dealkylation sites (N-methyl/N-ethyl adjacent to an activating group) is 1. The first-order chi connectivity index (χ1) is 17.5. The lowest BCUT2D eigenvalue weighted by atomic mass is 9.78. The monoisotopic (exact) mass is 489 g/mol. The molecule has 1 saturated carbocycles. The third-order valence-electron chi connectivity index (χ3n) is 8.17. The van der Waals surface area contributed by atoms with E-state index in [0.29, 0.717) is 11.7 Å². The van der Waals surface area contributed by atoms with Crippen LogP contribution < -0.4 is 19.9 Å². The largest absolute Gasteiger partial charge is 0.489 e. The second-order valence-corrected chi connectivity index (χ2v) is 10.9. The Kier molecular flexibility index (Phi) is 7.49. The van der Waals surface area contributed by atoms with Gasteiger partial charge in [-0.2, -0.15) is 0 Å². The standard InChI is InChI=1S/C30H39N3O3/c1-21-9-11-22(12-10-21)17-23-7-6-8-24(18-23)29(34)31-26-20-36-28-14-13-25(33-15-4-3-5-16-33)19-27(28)32(2)30(26)35/h9-14,19,23-24,26H,3-8,15-18,20H2,1-2H3,(H,31,34). The molecule has 1 N–H and O–H groups in total. The lowest BCUT2D eigenvalue weighted by Gasteiger charge is -2.30. The lowest BCUT2D eigenvalue weighted by Crippen LogP contribution is -2.51. The molecule has 6 nitrogen and oxygen atoms in total. The van der Waals surface area contributed by atoms with Crippen molar-refractivity contribution >= 4 is 23.2 Å². The molecule has 6 heteroatoms. The number of benzene rings is 2. The zero-order valence-electron chi connectivity index (χ0n) is 21.7. The summed E-state index contributed by atoms with van der Waals surface area (Å²) in [6, 6.07) is 14.1. The molecule has 3 aliphatic rings. The smallest absolute Gasteiger partial charge is 0.252 e. The zero-order chi connectivity index (χ0) is 25.1. The number of hydrogen-bond donors (Lipinski definition) is 1. The minimum Gasteiger partial charge on any atom is -0.489 e. The molecule has 2 amide bonds. The van der Waals surface area contributed by atoms with Crippen molar-refractivity contribution in [2.24, 2.45) is 11.8 Å². The number of aryl methyl sites for hydroxylation is 1. The summed E-state index contributed by atoms with van der Waals surface area (Å²) in [5.74, 6) is 1.00. The van der Waals surface area contributed by atoms with Crippen LogP contribution in [0.3, 0.4) is 0 Å². The molecule has 3 unspecified atom stereocenters. The highest BCUT2D eigenvalue weighted by Gasteiger charge is 2.34. The van der Waals surface area contributed by atoms with Gasteiger partial charge in [0.15, 0.2) is 0 Å². The Morgan fingerprint density at radius 3 is 2.58 bits per heavy atom. The predicted octanol–water partition coefficient (Wildman–Crippen LogP) is 4.87. The van der Waals surface area contributed by atoms with Crippen LogP contribution in [0.4, 0.5) is 11.4 Å². The molecule has 0 spiro atoms. The van der Waals surface area contributed by atoms with Crippen LogP contribution in [0.1, 0.15) is 56.1 Å². The Morgan fingerprint density at radius 2 is 1.81 bits per heavy atom. The van der Waals surface area contributed by atoms with Crippen molar-refractivity contribution in [3.63, 3.8) is 0 Å².